The lowest BCUT2D eigenvalue weighted by molar-refractivity contribution is 0.131. The Morgan fingerprint density at radius 2 is 2.00 bits per heavy atom. The van der Waals surface area contributed by atoms with E-state index in [0.29, 0.717) is 10.9 Å². The molecule has 3 heterocycles. The number of aromatic nitrogens is 2. The molecule has 6 heteroatoms. The van der Waals surface area contributed by atoms with Gasteiger partial charge in [0.15, 0.2) is 5.82 Å². The van der Waals surface area contributed by atoms with Gasteiger partial charge in [-0.2, -0.15) is 0 Å². The molecule has 1 aromatic heterocycles. The number of nitrogens with zero attached hydrogens (tertiary/aromatic N) is 5. The Balaban J connectivity index is 1.60. The van der Waals surface area contributed by atoms with Crippen molar-refractivity contribution < 1.29 is 0 Å². The van der Waals surface area contributed by atoms with Gasteiger partial charge >= 0.3 is 0 Å². The number of rotatable bonds is 3. The fraction of sp³-hybridized carbons (Fsp3) is 0.750. The maximum Gasteiger partial charge on any atom is 0.151 e. The summed E-state index contributed by atoms with van der Waals surface area (Å²) >= 11 is 6.30. The smallest absolute Gasteiger partial charge is 0.151 e. The van der Waals surface area contributed by atoms with Crippen molar-refractivity contribution >= 4 is 17.4 Å². The molecular weight excluding hydrogens is 298 g/mol. The van der Waals surface area contributed by atoms with Crippen molar-refractivity contribution in [3.63, 3.8) is 0 Å². The van der Waals surface area contributed by atoms with E-state index in [-0.39, 0.29) is 0 Å². The molecule has 22 heavy (non-hydrogen) atoms. The number of piperidine rings is 1. The van der Waals surface area contributed by atoms with Crippen LogP contribution < -0.4 is 4.90 Å². The van der Waals surface area contributed by atoms with E-state index in [4.69, 9.17) is 11.6 Å². The summed E-state index contributed by atoms with van der Waals surface area (Å²) in [7, 11) is 2.21. The first-order valence-corrected chi connectivity index (χ1v) is 8.64. The second-order valence-corrected chi connectivity index (χ2v) is 7.05. The van der Waals surface area contributed by atoms with Gasteiger partial charge < -0.3 is 14.7 Å². The quantitative estimate of drug-likeness (QED) is 0.849. The Kier molecular flexibility index (Phi) is 5.16. The predicted molar refractivity (Wildman–Crippen MR) is 90.7 cm³/mol. The molecular formula is C16H26ClN5. The van der Waals surface area contributed by atoms with Crippen LogP contribution in [-0.2, 0) is 0 Å². The molecule has 0 saturated carbocycles. The SMILES string of the molecule is Cc1ncc(Cl)c(N2CCCC(CN3CCN(C)CC3)C2)n1. The van der Waals surface area contributed by atoms with Gasteiger partial charge in [-0.15, -0.1) is 0 Å². The first-order chi connectivity index (χ1) is 10.6. The van der Waals surface area contributed by atoms with E-state index in [1.165, 1.54) is 45.6 Å². The minimum absolute atomic E-state index is 0.672. The van der Waals surface area contributed by atoms with Gasteiger partial charge in [-0.25, -0.2) is 9.97 Å². The van der Waals surface area contributed by atoms with Crippen LogP contribution in [0.5, 0.6) is 0 Å². The van der Waals surface area contributed by atoms with E-state index in [1.54, 1.807) is 6.20 Å². The molecule has 0 amide bonds. The molecule has 2 saturated heterocycles. The van der Waals surface area contributed by atoms with Crippen LogP contribution in [0.2, 0.25) is 5.02 Å². The van der Waals surface area contributed by atoms with Crippen LogP contribution in [0, 0.1) is 12.8 Å². The van der Waals surface area contributed by atoms with E-state index in [9.17, 15) is 0 Å². The molecule has 0 spiro atoms. The lowest BCUT2D eigenvalue weighted by Crippen LogP contribution is -2.48. The minimum Gasteiger partial charge on any atom is -0.355 e. The fourth-order valence-corrected chi connectivity index (χ4v) is 3.68. The Bertz CT molecular complexity index is 501. The second-order valence-electron chi connectivity index (χ2n) is 6.65. The molecule has 1 aromatic rings. The zero-order chi connectivity index (χ0) is 15.5. The van der Waals surface area contributed by atoms with E-state index in [1.807, 2.05) is 6.92 Å². The van der Waals surface area contributed by atoms with Crippen molar-refractivity contribution in [3.8, 4) is 0 Å². The molecule has 0 radical (unpaired) electrons. The molecule has 2 fully saturated rings. The van der Waals surface area contributed by atoms with E-state index >= 15 is 0 Å². The molecule has 2 aliphatic heterocycles. The van der Waals surface area contributed by atoms with Crippen LogP contribution in [0.1, 0.15) is 18.7 Å². The monoisotopic (exact) mass is 323 g/mol. The fourth-order valence-electron chi connectivity index (χ4n) is 3.47. The number of aryl methyl sites for hydroxylation is 1. The van der Waals surface area contributed by atoms with Crippen LogP contribution in [0.3, 0.4) is 0 Å². The molecule has 5 nitrogen and oxygen atoms in total. The van der Waals surface area contributed by atoms with Crippen molar-refractivity contribution in [2.45, 2.75) is 19.8 Å². The Morgan fingerprint density at radius 3 is 2.77 bits per heavy atom. The van der Waals surface area contributed by atoms with Crippen molar-refractivity contribution in [1.82, 2.24) is 19.8 Å². The lowest BCUT2D eigenvalue weighted by Gasteiger charge is -2.39. The van der Waals surface area contributed by atoms with E-state index < -0.39 is 0 Å². The maximum absolute atomic E-state index is 6.30. The Hall–Kier alpha value is -0.910. The minimum atomic E-state index is 0.672. The molecule has 0 aromatic carbocycles. The Morgan fingerprint density at radius 1 is 1.23 bits per heavy atom. The molecule has 0 aliphatic carbocycles. The number of halogens is 1. The summed E-state index contributed by atoms with van der Waals surface area (Å²) < 4.78 is 0. The average Bonchev–Trinajstić information content (AvgIpc) is 2.52. The highest BCUT2D eigenvalue weighted by Gasteiger charge is 2.25. The van der Waals surface area contributed by atoms with Gasteiger partial charge in [-0.05, 0) is 32.7 Å². The third-order valence-electron chi connectivity index (χ3n) is 4.78. The summed E-state index contributed by atoms with van der Waals surface area (Å²) in [5.41, 5.74) is 0. The summed E-state index contributed by atoms with van der Waals surface area (Å²) in [5.74, 6) is 2.42. The molecule has 122 valence electrons. The first kappa shape index (κ1) is 16.0. The van der Waals surface area contributed by atoms with Crippen molar-refractivity contribution in [2.24, 2.45) is 5.92 Å². The molecule has 3 rings (SSSR count). The van der Waals surface area contributed by atoms with Gasteiger partial charge in [-0.1, -0.05) is 11.6 Å². The number of piperazine rings is 1. The van der Waals surface area contributed by atoms with E-state index in [0.717, 1.165) is 24.7 Å². The highest BCUT2D eigenvalue weighted by Crippen LogP contribution is 2.27. The van der Waals surface area contributed by atoms with Gasteiger partial charge in [0, 0.05) is 45.8 Å². The zero-order valence-corrected chi connectivity index (χ0v) is 14.4. The van der Waals surface area contributed by atoms with E-state index in [2.05, 4.69) is 31.7 Å². The Labute approximate surface area is 138 Å². The van der Waals surface area contributed by atoms with Crippen LogP contribution in [0.4, 0.5) is 5.82 Å². The third-order valence-corrected chi connectivity index (χ3v) is 5.04. The first-order valence-electron chi connectivity index (χ1n) is 8.27. The van der Waals surface area contributed by atoms with Gasteiger partial charge in [0.1, 0.15) is 10.8 Å². The summed E-state index contributed by atoms with van der Waals surface area (Å²) in [5, 5.41) is 0.672. The molecule has 0 N–H and O–H groups in total. The van der Waals surface area contributed by atoms with Crippen LogP contribution >= 0.6 is 11.6 Å². The van der Waals surface area contributed by atoms with Gasteiger partial charge in [-0.3, -0.25) is 0 Å². The van der Waals surface area contributed by atoms with Crippen molar-refractivity contribution in [1.29, 1.82) is 0 Å². The molecule has 0 bridgehead atoms. The number of hydrogen-bond acceptors (Lipinski definition) is 5. The van der Waals surface area contributed by atoms with Crippen LogP contribution in [-0.4, -0.2) is 72.6 Å². The molecule has 1 unspecified atom stereocenters. The number of likely N-dealkylation sites (N-methyl/N-ethyl adjacent to an activating group) is 1. The largest absolute Gasteiger partial charge is 0.355 e. The lowest BCUT2D eigenvalue weighted by atomic mass is 9.97. The summed E-state index contributed by atoms with van der Waals surface area (Å²) in [4.78, 5) is 16.1. The molecule has 1 atom stereocenters. The van der Waals surface area contributed by atoms with Crippen LogP contribution in [0.15, 0.2) is 6.20 Å². The number of hydrogen-bond donors (Lipinski definition) is 0. The maximum atomic E-state index is 6.30. The normalized spacial score (nSPS) is 24.7. The highest BCUT2D eigenvalue weighted by atomic mass is 35.5. The van der Waals surface area contributed by atoms with Gasteiger partial charge in [0.2, 0.25) is 0 Å². The van der Waals surface area contributed by atoms with Gasteiger partial charge in [0.25, 0.3) is 0 Å². The number of anilines is 1. The summed E-state index contributed by atoms with van der Waals surface area (Å²) in [6.45, 7) is 10.00. The van der Waals surface area contributed by atoms with Crippen molar-refractivity contribution in [2.75, 3.05) is 57.8 Å². The zero-order valence-electron chi connectivity index (χ0n) is 13.6. The van der Waals surface area contributed by atoms with Crippen LogP contribution in [0.25, 0.3) is 0 Å². The average molecular weight is 324 g/mol. The third kappa shape index (κ3) is 3.89. The second kappa shape index (κ2) is 7.11. The molecule has 2 aliphatic rings. The highest BCUT2D eigenvalue weighted by molar-refractivity contribution is 6.32. The topological polar surface area (TPSA) is 35.5 Å². The summed E-state index contributed by atoms with van der Waals surface area (Å²) in [6.07, 6.45) is 4.26. The standard InChI is InChI=1S/C16H26ClN5/c1-13-18-10-15(17)16(19-13)22-5-3-4-14(12-22)11-21-8-6-20(2)7-9-21/h10,14H,3-9,11-12H2,1-2H3. The summed E-state index contributed by atoms with van der Waals surface area (Å²) in [6, 6.07) is 0. The van der Waals surface area contributed by atoms with Gasteiger partial charge in [0.05, 0.1) is 6.20 Å². The predicted octanol–water partition coefficient (Wildman–Crippen LogP) is 1.90. The van der Waals surface area contributed by atoms with Crippen molar-refractivity contribution in [3.05, 3.63) is 17.0 Å².